The summed E-state index contributed by atoms with van der Waals surface area (Å²) < 4.78 is 11.4. The number of carbonyl (C=O) groups is 1. The first kappa shape index (κ1) is 15.4. The van der Waals surface area contributed by atoms with E-state index in [9.17, 15) is 4.79 Å². The quantitative estimate of drug-likeness (QED) is 0.906. The van der Waals surface area contributed by atoms with Gasteiger partial charge in [-0.25, -0.2) is 0 Å². The average molecular weight is 350 g/mol. The Kier molecular flexibility index (Phi) is 4.85. The van der Waals surface area contributed by atoms with Crippen molar-refractivity contribution in [3.8, 4) is 11.5 Å². The van der Waals surface area contributed by atoms with E-state index in [0.717, 1.165) is 15.7 Å². The number of ether oxygens (including phenoxy) is 2. The van der Waals surface area contributed by atoms with E-state index in [1.165, 1.54) is 14.2 Å². The molecule has 0 unspecified atom stereocenters. The van der Waals surface area contributed by atoms with Crippen LogP contribution >= 0.6 is 15.9 Å². The zero-order valence-electron chi connectivity index (χ0n) is 12.1. The fraction of sp³-hybridized carbons (Fsp3) is 0.188. The molecule has 2 rings (SSSR count). The van der Waals surface area contributed by atoms with Crippen molar-refractivity contribution in [3.63, 3.8) is 0 Å². The lowest BCUT2D eigenvalue weighted by Gasteiger charge is -2.14. The Hall–Kier alpha value is -2.01. The number of hydrogen-bond acceptors (Lipinski definition) is 3. The van der Waals surface area contributed by atoms with Crippen LogP contribution < -0.4 is 14.8 Å². The molecule has 0 heterocycles. The van der Waals surface area contributed by atoms with Crippen molar-refractivity contribution in [3.05, 3.63) is 52.0 Å². The van der Waals surface area contributed by atoms with Crippen molar-refractivity contribution >= 4 is 27.5 Å². The highest BCUT2D eigenvalue weighted by Crippen LogP contribution is 2.30. The molecule has 1 amide bonds. The average Bonchev–Trinajstić information content (AvgIpc) is 2.49. The fourth-order valence-corrected chi connectivity index (χ4v) is 2.35. The number of amides is 1. The van der Waals surface area contributed by atoms with Crippen LogP contribution in [0.15, 0.2) is 40.9 Å². The van der Waals surface area contributed by atoms with Crippen LogP contribution in [0.1, 0.15) is 15.9 Å². The van der Waals surface area contributed by atoms with Crippen LogP contribution in [0, 0.1) is 6.92 Å². The molecule has 1 N–H and O–H groups in total. The van der Waals surface area contributed by atoms with E-state index in [0.29, 0.717) is 17.1 Å². The molecule has 0 aliphatic carbocycles. The largest absolute Gasteiger partial charge is 0.496 e. The van der Waals surface area contributed by atoms with Crippen molar-refractivity contribution in [2.24, 2.45) is 0 Å². The molecule has 0 aliphatic heterocycles. The standard InChI is InChI=1S/C16H16BrNO3/c1-10-7-8-11(17)9-12(10)18-16(19)15-13(20-2)5-4-6-14(15)21-3/h4-9H,1-3H3,(H,18,19). The highest BCUT2D eigenvalue weighted by Gasteiger charge is 2.18. The Labute approximate surface area is 132 Å². The van der Waals surface area contributed by atoms with Crippen molar-refractivity contribution in [2.75, 3.05) is 19.5 Å². The minimum absolute atomic E-state index is 0.273. The number of carbonyl (C=O) groups excluding carboxylic acids is 1. The van der Waals surface area contributed by atoms with Crippen molar-refractivity contribution in [1.82, 2.24) is 0 Å². The molecular formula is C16H16BrNO3. The molecule has 4 nitrogen and oxygen atoms in total. The van der Waals surface area contributed by atoms with Crippen LogP contribution in [-0.4, -0.2) is 20.1 Å². The van der Waals surface area contributed by atoms with Crippen LogP contribution in [0.25, 0.3) is 0 Å². The van der Waals surface area contributed by atoms with Crippen LogP contribution in [0.5, 0.6) is 11.5 Å². The lowest BCUT2D eigenvalue weighted by atomic mass is 10.1. The van der Waals surface area contributed by atoms with Gasteiger partial charge in [0.1, 0.15) is 17.1 Å². The van der Waals surface area contributed by atoms with E-state index in [1.54, 1.807) is 18.2 Å². The maximum Gasteiger partial charge on any atom is 0.263 e. The zero-order valence-corrected chi connectivity index (χ0v) is 13.7. The lowest BCUT2D eigenvalue weighted by Crippen LogP contribution is -2.15. The Morgan fingerprint density at radius 1 is 1.10 bits per heavy atom. The Morgan fingerprint density at radius 3 is 2.29 bits per heavy atom. The monoisotopic (exact) mass is 349 g/mol. The summed E-state index contributed by atoms with van der Waals surface area (Å²) in [5.74, 6) is 0.671. The first-order chi connectivity index (χ1) is 10.1. The second kappa shape index (κ2) is 6.63. The van der Waals surface area contributed by atoms with Gasteiger partial charge in [0.25, 0.3) is 5.91 Å². The van der Waals surface area contributed by atoms with Crippen LogP contribution in [0.4, 0.5) is 5.69 Å². The summed E-state index contributed by atoms with van der Waals surface area (Å²) in [7, 11) is 3.05. The Bertz CT molecular complexity index is 648. The van der Waals surface area contributed by atoms with Gasteiger partial charge >= 0.3 is 0 Å². The zero-order chi connectivity index (χ0) is 15.4. The molecule has 5 heteroatoms. The minimum Gasteiger partial charge on any atom is -0.496 e. The minimum atomic E-state index is -0.273. The summed E-state index contributed by atoms with van der Waals surface area (Å²) in [4.78, 5) is 12.6. The van der Waals surface area contributed by atoms with Crippen molar-refractivity contribution in [1.29, 1.82) is 0 Å². The third-order valence-electron chi connectivity index (χ3n) is 3.10. The maximum absolute atomic E-state index is 12.6. The number of aryl methyl sites for hydroxylation is 1. The third kappa shape index (κ3) is 3.36. The van der Waals surface area contributed by atoms with Crippen LogP contribution in [0.3, 0.4) is 0 Å². The van der Waals surface area contributed by atoms with Crippen molar-refractivity contribution < 1.29 is 14.3 Å². The smallest absolute Gasteiger partial charge is 0.263 e. The van der Waals surface area contributed by atoms with Crippen molar-refractivity contribution in [2.45, 2.75) is 6.92 Å². The van der Waals surface area contributed by atoms with E-state index in [4.69, 9.17) is 9.47 Å². The van der Waals surface area contributed by atoms with Crippen LogP contribution in [-0.2, 0) is 0 Å². The second-order valence-electron chi connectivity index (χ2n) is 4.45. The van der Waals surface area contributed by atoms with E-state index < -0.39 is 0 Å². The normalized spacial score (nSPS) is 10.1. The summed E-state index contributed by atoms with van der Waals surface area (Å²) in [5, 5.41) is 2.89. The number of hydrogen-bond donors (Lipinski definition) is 1. The lowest BCUT2D eigenvalue weighted by molar-refractivity contribution is 0.102. The van der Waals surface area contributed by atoms with Gasteiger partial charge in [0.05, 0.1) is 14.2 Å². The van der Waals surface area contributed by atoms with Gasteiger partial charge < -0.3 is 14.8 Å². The van der Waals surface area contributed by atoms with Gasteiger partial charge in [-0.05, 0) is 36.8 Å². The third-order valence-corrected chi connectivity index (χ3v) is 3.60. The summed E-state index contributed by atoms with van der Waals surface area (Å²) in [5.41, 5.74) is 2.09. The second-order valence-corrected chi connectivity index (χ2v) is 5.37. The van der Waals surface area contributed by atoms with Crippen LogP contribution in [0.2, 0.25) is 0 Å². The summed E-state index contributed by atoms with van der Waals surface area (Å²) in [6.45, 7) is 1.93. The molecule has 0 radical (unpaired) electrons. The van der Waals surface area contributed by atoms with Gasteiger partial charge in [0.2, 0.25) is 0 Å². The molecule has 0 bridgehead atoms. The van der Waals surface area contributed by atoms with Gasteiger partial charge in [-0.15, -0.1) is 0 Å². The van der Waals surface area contributed by atoms with E-state index in [1.807, 2.05) is 25.1 Å². The summed E-state index contributed by atoms with van der Waals surface area (Å²) in [6, 6.07) is 10.9. The first-order valence-electron chi connectivity index (χ1n) is 6.35. The highest BCUT2D eigenvalue weighted by atomic mass is 79.9. The van der Waals surface area contributed by atoms with E-state index in [-0.39, 0.29) is 5.91 Å². The molecule has 0 spiro atoms. The number of nitrogens with one attached hydrogen (secondary N) is 1. The predicted octanol–water partition coefficient (Wildman–Crippen LogP) is 4.03. The van der Waals surface area contributed by atoms with Gasteiger partial charge in [-0.1, -0.05) is 28.1 Å². The van der Waals surface area contributed by atoms with E-state index in [2.05, 4.69) is 21.2 Å². The summed E-state index contributed by atoms with van der Waals surface area (Å²) >= 11 is 3.40. The number of methoxy groups -OCH3 is 2. The molecule has 0 saturated heterocycles. The Balaban J connectivity index is 2.38. The molecule has 2 aromatic carbocycles. The number of halogens is 1. The fourth-order valence-electron chi connectivity index (χ4n) is 1.99. The van der Waals surface area contributed by atoms with Gasteiger partial charge in [-0.3, -0.25) is 4.79 Å². The molecule has 0 atom stereocenters. The molecule has 0 aromatic heterocycles. The topological polar surface area (TPSA) is 47.6 Å². The molecule has 0 aliphatic rings. The number of benzene rings is 2. The molecule has 2 aromatic rings. The number of rotatable bonds is 4. The number of anilines is 1. The molecular weight excluding hydrogens is 334 g/mol. The van der Waals surface area contributed by atoms with E-state index >= 15 is 0 Å². The predicted molar refractivity (Wildman–Crippen MR) is 86.4 cm³/mol. The molecule has 0 fully saturated rings. The van der Waals surface area contributed by atoms with Gasteiger partial charge in [-0.2, -0.15) is 0 Å². The van der Waals surface area contributed by atoms with Gasteiger partial charge in [0, 0.05) is 10.2 Å². The highest BCUT2D eigenvalue weighted by molar-refractivity contribution is 9.10. The molecule has 0 saturated carbocycles. The maximum atomic E-state index is 12.6. The SMILES string of the molecule is COc1cccc(OC)c1C(=O)Nc1cc(Br)ccc1C. The van der Waals surface area contributed by atoms with Gasteiger partial charge in [0.15, 0.2) is 0 Å². The first-order valence-corrected chi connectivity index (χ1v) is 7.14. The summed E-state index contributed by atoms with van der Waals surface area (Å²) in [6.07, 6.45) is 0. The molecule has 21 heavy (non-hydrogen) atoms. The molecule has 110 valence electrons. The Morgan fingerprint density at radius 2 is 1.71 bits per heavy atom.